The molecule has 0 aliphatic heterocycles. The monoisotopic (exact) mass is 248 g/mol. The molecule has 0 unspecified atom stereocenters. The number of hydrogen-bond acceptors (Lipinski definition) is 4. The molecule has 0 saturated carbocycles. The van der Waals surface area contributed by atoms with E-state index < -0.39 is 0 Å². The maximum atomic E-state index is 11.8. The summed E-state index contributed by atoms with van der Waals surface area (Å²) in [5, 5.41) is 12.0. The fraction of sp³-hybridized carbons (Fsp3) is 0.167. The highest BCUT2D eigenvalue weighted by Crippen LogP contribution is 2.17. The molecule has 1 atom stereocenters. The molecule has 0 fully saturated rings. The van der Waals surface area contributed by atoms with Crippen LogP contribution in [0, 0.1) is 0 Å². The number of nitrogens with one attached hydrogen (secondary N) is 1. The van der Waals surface area contributed by atoms with Gasteiger partial charge in [0.15, 0.2) is 0 Å². The van der Waals surface area contributed by atoms with Gasteiger partial charge >= 0.3 is 0 Å². The van der Waals surface area contributed by atoms with E-state index in [1.807, 2.05) is 6.92 Å². The summed E-state index contributed by atoms with van der Waals surface area (Å²) in [5.74, 6) is 0.0859. The first-order valence-corrected chi connectivity index (χ1v) is 6.03. The molecule has 1 heterocycles. The lowest BCUT2D eigenvalue weighted by molar-refractivity contribution is 0.0944. The van der Waals surface area contributed by atoms with Crippen LogP contribution in [0.3, 0.4) is 0 Å². The molecular formula is C12H12N2O2S. The Morgan fingerprint density at radius 1 is 1.41 bits per heavy atom. The van der Waals surface area contributed by atoms with Gasteiger partial charge in [-0.1, -0.05) is 12.1 Å². The van der Waals surface area contributed by atoms with E-state index >= 15 is 0 Å². The topological polar surface area (TPSA) is 62.2 Å². The molecule has 0 saturated heterocycles. The van der Waals surface area contributed by atoms with Gasteiger partial charge < -0.3 is 10.4 Å². The number of carbonyl (C=O) groups excluding carboxylic acids is 1. The summed E-state index contributed by atoms with van der Waals surface area (Å²) in [6.07, 6.45) is 1.55. The fourth-order valence-electron chi connectivity index (χ4n) is 1.44. The minimum absolute atomic E-state index is 0.106. The highest BCUT2D eigenvalue weighted by molar-refractivity contribution is 7.11. The summed E-state index contributed by atoms with van der Waals surface area (Å²) >= 11 is 1.31. The molecule has 5 heteroatoms. The van der Waals surface area contributed by atoms with Crippen LogP contribution in [-0.4, -0.2) is 16.0 Å². The van der Waals surface area contributed by atoms with Crippen LogP contribution in [-0.2, 0) is 0 Å². The number of thiazole rings is 1. The molecule has 0 spiro atoms. The van der Waals surface area contributed by atoms with Crippen LogP contribution in [0.1, 0.15) is 28.2 Å². The van der Waals surface area contributed by atoms with E-state index in [9.17, 15) is 9.90 Å². The first kappa shape index (κ1) is 11.6. The minimum Gasteiger partial charge on any atom is -0.508 e. The Morgan fingerprint density at radius 2 is 2.12 bits per heavy atom. The van der Waals surface area contributed by atoms with E-state index in [-0.39, 0.29) is 17.7 Å². The molecule has 17 heavy (non-hydrogen) atoms. The second-order valence-electron chi connectivity index (χ2n) is 3.65. The number of aromatic hydroxyl groups is 1. The average Bonchev–Trinajstić information content (AvgIpc) is 2.83. The molecule has 1 aromatic heterocycles. The van der Waals surface area contributed by atoms with Crippen molar-refractivity contribution in [1.29, 1.82) is 0 Å². The van der Waals surface area contributed by atoms with E-state index in [1.165, 1.54) is 11.3 Å². The van der Waals surface area contributed by atoms with Crippen LogP contribution >= 0.6 is 11.3 Å². The van der Waals surface area contributed by atoms with Crippen LogP contribution < -0.4 is 5.32 Å². The first-order valence-electron chi connectivity index (χ1n) is 5.15. The van der Waals surface area contributed by atoms with Crippen LogP contribution in [0.15, 0.2) is 36.0 Å². The number of phenols is 1. The lowest BCUT2D eigenvalue weighted by Gasteiger charge is -2.13. The van der Waals surface area contributed by atoms with Gasteiger partial charge in [-0.05, 0) is 24.6 Å². The zero-order valence-electron chi connectivity index (χ0n) is 9.25. The Bertz CT molecular complexity index is 494. The van der Waals surface area contributed by atoms with Crippen molar-refractivity contribution in [3.05, 3.63) is 46.4 Å². The number of benzene rings is 1. The number of hydrogen-bond donors (Lipinski definition) is 2. The molecule has 2 N–H and O–H groups in total. The van der Waals surface area contributed by atoms with Gasteiger partial charge in [0, 0.05) is 0 Å². The van der Waals surface area contributed by atoms with Crippen molar-refractivity contribution in [3.8, 4) is 5.75 Å². The SMILES string of the molecule is C[C@H](NC(=O)c1cncs1)c1ccc(O)cc1. The molecule has 4 nitrogen and oxygen atoms in total. The third kappa shape index (κ3) is 2.82. The van der Waals surface area contributed by atoms with E-state index in [1.54, 1.807) is 36.0 Å². The molecule has 1 amide bonds. The summed E-state index contributed by atoms with van der Waals surface area (Å²) in [6, 6.07) is 6.67. The Kier molecular flexibility index (Phi) is 3.39. The van der Waals surface area contributed by atoms with Crippen molar-refractivity contribution in [2.45, 2.75) is 13.0 Å². The maximum Gasteiger partial charge on any atom is 0.263 e. The van der Waals surface area contributed by atoms with Crippen molar-refractivity contribution in [2.24, 2.45) is 0 Å². The molecular weight excluding hydrogens is 236 g/mol. The predicted octanol–water partition coefficient (Wildman–Crippen LogP) is 2.34. The zero-order chi connectivity index (χ0) is 12.3. The van der Waals surface area contributed by atoms with Crippen LogP contribution in [0.2, 0.25) is 0 Å². The highest BCUT2D eigenvalue weighted by Gasteiger charge is 2.12. The largest absolute Gasteiger partial charge is 0.508 e. The van der Waals surface area contributed by atoms with Gasteiger partial charge in [-0.3, -0.25) is 9.78 Å². The summed E-state index contributed by atoms with van der Waals surface area (Å²) in [5.41, 5.74) is 2.57. The van der Waals surface area contributed by atoms with Gasteiger partial charge in [-0.2, -0.15) is 0 Å². The number of amides is 1. The average molecular weight is 248 g/mol. The molecule has 0 aliphatic carbocycles. The molecule has 0 radical (unpaired) electrons. The van der Waals surface area contributed by atoms with Gasteiger partial charge in [-0.15, -0.1) is 11.3 Å². The van der Waals surface area contributed by atoms with Gasteiger partial charge in [0.2, 0.25) is 0 Å². The number of rotatable bonds is 3. The van der Waals surface area contributed by atoms with E-state index in [0.717, 1.165) is 5.56 Å². The minimum atomic E-state index is -0.131. The van der Waals surface area contributed by atoms with Crippen molar-refractivity contribution < 1.29 is 9.90 Å². The third-order valence-corrected chi connectivity index (χ3v) is 3.17. The van der Waals surface area contributed by atoms with Gasteiger partial charge in [-0.25, -0.2) is 0 Å². The lowest BCUT2D eigenvalue weighted by atomic mass is 10.1. The quantitative estimate of drug-likeness (QED) is 0.876. The highest BCUT2D eigenvalue weighted by atomic mass is 32.1. The summed E-state index contributed by atoms with van der Waals surface area (Å²) < 4.78 is 0. The molecule has 0 aliphatic rings. The van der Waals surface area contributed by atoms with E-state index in [4.69, 9.17) is 0 Å². The number of nitrogens with zero attached hydrogens (tertiary/aromatic N) is 1. The van der Waals surface area contributed by atoms with Crippen LogP contribution in [0.5, 0.6) is 5.75 Å². The van der Waals surface area contributed by atoms with Crippen molar-refractivity contribution in [3.63, 3.8) is 0 Å². The number of carbonyl (C=O) groups is 1. The van der Waals surface area contributed by atoms with Crippen LogP contribution in [0.25, 0.3) is 0 Å². The first-order chi connectivity index (χ1) is 8.16. The summed E-state index contributed by atoms with van der Waals surface area (Å²) in [6.45, 7) is 1.89. The number of phenolic OH excluding ortho intramolecular Hbond substituents is 1. The van der Waals surface area contributed by atoms with E-state index in [0.29, 0.717) is 4.88 Å². The Hall–Kier alpha value is -1.88. The fourth-order valence-corrected chi connectivity index (χ4v) is 1.96. The molecule has 2 rings (SSSR count). The van der Waals surface area contributed by atoms with Gasteiger partial charge in [0.25, 0.3) is 5.91 Å². The number of aromatic nitrogens is 1. The third-order valence-electron chi connectivity index (χ3n) is 2.40. The Morgan fingerprint density at radius 3 is 2.71 bits per heavy atom. The Balaban J connectivity index is 2.04. The van der Waals surface area contributed by atoms with Crippen LogP contribution in [0.4, 0.5) is 0 Å². The second kappa shape index (κ2) is 4.97. The van der Waals surface area contributed by atoms with Crippen molar-refractivity contribution in [2.75, 3.05) is 0 Å². The maximum absolute atomic E-state index is 11.8. The van der Waals surface area contributed by atoms with E-state index in [2.05, 4.69) is 10.3 Å². The molecule has 0 bridgehead atoms. The normalized spacial score (nSPS) is 12.1. The second-order valence-corrected chi connectivity index (χ2v) is 4.54. The summed E-state index contributed by atoms with van der Waals surface area (Å²) in [7, 11) is 0. The van der Waals surface area contributed by atoms with Gasteiger partial charge in [0.1, 0.15) is 10.6 Å². The van der Waals surface area contributed by atoms with Gasteiger partial charge in [0.05, 0.1) is 17.7 Å². The standard InChI is InChI=1S/C12H12N2O2S/c1-8(9-2-4-10(15)5-3-9)14-12(16)11-6-13-7-17-11/h2-8,15H,1H3,(H,14,16)/t8-/m0/s1. The van der Waals surface area contributed by atoms with Crippen molar-refractivity contribution >= 4 is 17.2 Å². The zero-order valence-corrected chi connectivity index (χ0v) is 10.1. The molecule has 2 aromatic rings. The smallest absolute Gasteiger partial charge is 0.263 e. The predicted molar refractivity (Wildman–Crippen MR) is 66.1 cm³/mol. The lowest BCUT2D eigenvalue weighted by Crippen LogP contribution is -2.25. The molecule has 88 valence electrons. The summed E-state index contributed by atoms with van der Waals surface area (Å²) in [4.78, 5) is 16.2. The van der Waals surface area contributed by atoms with Crippen molar-refractivity contribution in [1.82, 2.24) is 10.3 Å². The Labute approximate surface area is 103 Å². The molecule has 1 aromatic carbocycles.